The van der Waals surface area contributed by atoms with Crippen LogP contribution in [-0.2, 0) is 16.3 Å². The molecule has 0 spiro atoms. The van der Waals surface area contributed by atoms with Crippen molar-refractivity contribution in [3.8, 4) is 0 Å². The standard InChI is InChI=1S/C14H19O2S/c1-14(2,3)10-11-6-7-13-12(9-11)5-4-8-17(13,15)16/h5-7,9H,4,8,10H2,1-3H3. The van der Waals surface area contributed by atoms with Crippen molar-refractivity contribution in [1.82, 2.24) is 0 Å². The molecule has 17 heavy (non-hydrogen) atoms. The van der Waals surface area contributed by atoms with E-state index in [9.17, 15) is 8.42 Å². The van der Waals surface area contributed by atoms with Crippen LogP contribution in [0.4, 0.5) is 0 Å². The summed E-state index contributed by atoms with van der Waals surface area (Å²) in [6.07, 6.45) is 3.63. The third kappa shape index (κ3) is 2.89. The quantitative estimate of drug-likeness (QED) is 0.769. The lowest BCUT2D eigenvalue weighted by atomic mass is 9.87. The molecule has 1 aliphatic rings. The molecular weight excluding hydrogens is 232 g/mol. The second-order valence-corrected chi connectivity index (χ2v) is 8.00. The summed E-state index contributed by atoms with van der Waals surface area (Å²) >= 11 is 0. The van der Waals surface area contributed by atoms with E-state index in [0.717, 1.165) is 12.0 Å². The molecule has 0 atom stereocenters. The predicted molar refractivity (Wildman–Crippen MR) is 69.7 cm³/mol. The second-order valence-electron chi connectivity index (χ2n) is 5.92. The van der Waals surface area contributed by atoms with E-state index >= 15 is 0 Å². The SMILES string of the molecule is CC(C)(C)Cc1ccc2c(c1)[CH]CCS2(=O)=O. The molecule has 1 radical (unpaired) electrons. The minimum atomic E-state index is -3.03. The molecule has 0 unspecified atom stereocenters. The Morgan fingerprint density at radius 3 is 2.59 bits per heavy atom. The Labute approximate surface area is 104 Å². The topological polar surface area (TPSA) is 34.1 Å². The highest BCUT2D eigenvalue weighted by atomic mass is 32.2. The van der Waals surface area contributed by atoms with Gasteiger partial charge in [-0.3, -0.25) is 0 Å². The van der Waals surface area contributed by atoms with Gasteiger partial charge in [0.1, 0.15) is 0 Å². The Kier molecular flexibility index (Phi) is 3.06. The Balaban J connectivity index is 2.39. The number of fused-ring (bicyclic) bond motifs is 1. The summed E-state index contributed by atoms with van der Waals surface area (Å²) in [5.41, 5.74) is 2.32. The van der Waals surface area contributed by atoms with Gasteiger partial charge in [0.05, 0.1) is 10.6 Å². The Bertz CT molecular complexity index is 522. The summed E-state index contributed by atoms with van der Waals surface area (Å²) in [5, 5.41) is 0. The lowest BCUT2D eigenvalue weighted by Crippen LogP contribution is -2.16. The van der Waals surface area contributed by atoms with Gasteiger partial charge in [-0.05, 0) is 41.9 Å². The molecule has 2 nitrogen and oxygen atoms in total. The van der Waals surface area contributed by atoms with Gasteiger partial charge in [-0.2, -0.15) is 0 Å². The molecule has 1 aromatic carbocycles. The van der Waals surface area contributed by atoms with Gasteiger partial charge in [0, 0.05) is 0 Å². The third-order valence-electron chi connectivity index (χ3n) is 2.89. The van der Waals surface area contributed by atoms with Crippen molar-refractivity contribution < 1.29 is 8.42 Å². The zero-order chi connectivity index (χ0) is 12.7. The molecule has 1 aromatic rings. The fourth-order valence-electron chi connectivity index (χ4n) is 2.24. The molecule has 93 valence electrons. The fourth-order valence-corrected chi connectivity index (χ4v) is 3.67. The number of sulfone groups is 1. The van der Waals surface area contributed by atoms with Gasteiger partial charge in [-0.15, -0.1) is 0 Å². The van der Waals surface area contributed by atoms with Crippen LogP contribution in [-0.4, -0.2) is 14.2 Å². The molecular formula is C14H19O2S. The highest BCUT2D eigenvalue weighted by molar-refractivity contribution is 7.91. The predicted octanol–water partition coefficient (Wildman–Crippen LogP) is 3.00. The zero-order valence-corrected chi connectivity index (χ0v) is 11.5. The minimum Gasteiger partial charge on any atom is -0.224 e. The van der Waals surface area contributed by atoms with Crippen LogP contribution >= 0.6 is 0 Å². The van der Waals surface area contributed by atoms with Crippen molar-refractivity contribution in [3.63, 3.8) is 0 Å². The highest BCUT2D eigenvalue weighted by Gasteiger charge is 2.24. The average molecular weight is 251 g/mol. The van der Waals surface area contributed by atoms with Gasteiger partial charge in [0.15, 0.2) is 9.84 Å². The van der Waals surface area contributed by atoms with E-state index in [0.29, 0.717) is 11.3 Å². The molecule has 1 heterocycles. The summed E-state index contributed by atoms with van der Waals surface area (Å²) in [5.74, 6) is 0.249. The van der Waals surface area contributed by atoms with Gasteiger partial charge < -0.3 is 0 Å². The molecule has 0 bridgehead atoms. The van der Waals surface area contributed by atoms with Crippen molar-refractivity contribution in [2.45, 2.75) is 38.5 Å². The largest absolute Gasteiger partial charge is 0.224 e. The van der Waals surface area contributed by atoms with Crippen LogP contribution in [0.15, 0.2) is 23.1 Å². The molecule has 0 N–H and O–H groups in total. The van der Waals surface area contributed by atoms with Crippen LogP contribution in [0.25, 0.3) is 0 Å². The van der Waals surface area contributed by atoms with Crippen LogP contribution in [0, 0.1) is 11.8 Å². The molecule has 0 amide bonds. The van der Waals surface area contributed by atoms with Crippen LogP contribution in [0.2, 0.25) is 0 Å². The maximum atomic E-state index is 11.8. The van der Waals surface area contributed by atoms with Crippen LogP contribution < -0.4 is 0 Å². The molecule has 0 aromatic heterocycles. The maximum Gasteiger partial charge on any atom is 0.178 e. The lowest BCUT2D eigenvalue weighted by molar-refractivity contribution is 0.411. The molecule has 1 aliphatic heterocycles. The number of hydrogen-bond acceptors (Lipinski definition) is 2. The van der Waals surface area contributed by atoms with Gasteiger partial charge >= 0.3 is 0 Å². The first-order chi connectivity index (χ1) is 7.78. The van der Waals surface area contributed by atoms with Crippen molar-refractivity contribution in [3.05, 3.63) is 35.7 Å². The maximum absolute atomic E-state index is 11.8. The van der Waals surface area contributed by atoms with Crippen molar-refractivity contribution in [1.29, 1.82) is 0 Å². The van der Waals surface area contributed by atoms with E-state index in [1.165, 1.54) is 5.56 Å². The molecule has 3 heteroatoms. The molecule has 2 rings (SSSR count). The summed E-state index contributed by atoms with van der Waals surface area (Å²) in [6, 6.07) is 5.74. The van der Waals surface area contributed by atoms with E-state index in [2.05, 4.69) is 20.8 Å². The smallest absolute Gasteiger partial charge is 0.178 e. The van der Waals surface area contributed by atoms with Crippen LogP contribution in [0.3, 0.4) is 0 Å². The van der Waals surface area contributed by atoms with Gasteiger partial charge in [-0.25, -0.2) is 8.42 Å². The van der Waals surface area contributed by atoms with Crippen LogP contribution in [0.5, 0.6) is 0 Å². The summed E-state index contributed by atoms with van der Waals surface area (Å²) < 4.78 is 23.7. The van der Waals surface area contributed by atoms with E-state index < -0.39 is 9.84 Å². The van der Waals surface area contributed by atoms with Gasteiger partial charge in [0.25, 0.3) is 0 Å². The Hall–Kier alpha value is -0.830. The minimum absolute atomic E-state index is 0.224. The monoisotopic (exact) mass is 251 g/mol. The first-order valence-corrected chi connectivity index (χ1v) is 7.62. The normalized spacial score (nSPS) is 18.8. The van der Waals surface area contributed by atoms with Gasteiger partial charge in [-0.1, -0.05) is 32.9 Å². The second kappa shape index (κ2) is 4.13. The molecule has 0 saturated heterocycles. The van der Waals surface area contributed by atoms with E-state index in [1.807, 2.05) is 18.6 Å². The first kappa shape index (κ1) is 12.6. The summed E-state index contributed by atoms with van der Waals surface area (Å²) in [6.45, 7) is 6.56. The van der Waals surface area contributed by atoms with E-state index in [1.54, 1.807) is 6.07 Å². The van der Waals surface area contributed by atoms with Crippen molar-refractivity contribution >= 4 is 9.84 Å². The van der Waals surface area contributed by atoms with E-state index in [-0.39, 0.29) is 11.2 Å². The first-order valence-electron chi connectivity index (χ1n) is 5.97. The lowest BCUT2D eigenvalue weighted by Gasteiger charge is -2.21. The highest BCUT2D eigenvalue weighted by Crippen LogP contribution is 2.29. The number of rotatable bonds is 1. The number of hydrogen-bond donors (Lipinski definition) is 0. The summed E-state index contributed by atoms with van der Waals surface area (Å²) in [4.78, 5) is 0.501. The fraction of sp³-hybridized carbons (Fsp3) is 0.500. The Morgan fingerprint density at radius 1 is 1.24 bits per heavy atom. The zero-order valence-electron chi connectivity index (χ0n) is 10.7. The Morgan fingerprint density at radius 2 is 1.94 bits per heavy atom. The average Bonchev–Trinajstić information content (AvgIpc) is 2.13. The van der Waals surface area contributed by atoms with Crippen molar-refractivity contribution in [2.75, 3.05) is 5.75 Å². The van der Waals surface area contributed by atoms with Crippen LogP contribution in [0.1, 0.15) is 38.3 Å². The molecule has 0 aliphatic carbocycles. The summed E-state index contributed by atoms with van der Waals surface area (Å²) in [7, 11) is -3.03. The van der Waals surface area contributed by atoms with Gasteiger partial charge in [0.2, 0.25) is 0 Å². The molecule has 0 saturated carbocycles. The van der Waals surface area contributed by atoms with Crippen molar-refractivity contribution in [2.24, 2.45) is 5.41 Å². The third-order valence-corrected chi connectivity index (χ3v) is 4.71. The van der Waals surface area contributed by atoms with E-state index in [4.69, 9.17) is 0 Å². The number of benzene rings is 1. The molecule has 0 fully saturated rings.